The fourth-order valence-electron chi connectivity index (χ4n) is 1.67. The van der Waals surface area contributed by atoms with Crippen molar-refractivity contribution in [2.75, 3.05) is 0 Å². The molecule has 4 heteroatoms. The minimum atomic E-state index is 0.161. The molecule has 1 unspecified atom stereocenters. The number of aromatic nitrogens is 1. The molecule has 0 aliphatic carbocycles. The van der Waals surface area contributed by atoms with Gasteiger partial charge in [-0.25, -0.2) is 0 Å². The maximum Gasteiger partial charge on any atom is 0.0509 e. The molecule has 0 saturated carbocycles. The molecule has 0 aliphatic heterocycles. The lowest BCUT2D eigenvalue weighted by Crippen LogP contribution is -2.29. The summed E-state index contributed by atoms with van der Waals surface area (Å²) < 4.78 is 0. The van der Waals surface area contributed by atoms with E-state index in [1.807, 2.05) is 12.3 Å². The molecule has 0 radical (unpaired) electrons. The first kappa shape index (κ1) is 11.3. The van der Waals surface area contributed by atoms with Crippen LogP contribution in [-0.2, 0) is 6.42 Å². The first-order valence-electron chi connectivity index (χ1n) is 5.19. The first-order chi connectivity index (χ1) is 7.79. The Hall–Kier alpha value is -1.23. The molecule has 0 saturated heterocycles. The molecular formula is C12H15N3S. The Morgan fingerprint density at radius 1 is 1.56 bits per heavy atom. The number of thiophene rings is 1. The fraction of sp³-hybridized carbons (Fsp3) is 0.250. The zero-order chi connectivity index (χ0) is 11.4. The predicted molar refractivity (Wildman–Crippen MR) is 67.1 cm³/mol. The summed E-state index contributed by atoms with van der Waals surface area (Å²) in [5.74, 6) is 5.60. The molecule has 0 aromatic carbocycles. The topological polar surface area (TPSA) is 50.9 Å². The molecule has 2 heterocycles. The Morgan fingerprint density at radius 3 is 3.00 bits per heavy atom. The Labute approximate surface area is 99.3 Å². The second-order valence-corrected chi connectivity index (χ2v) is 4.89. The van der Waals surface area contributed by atoms with Gasteiger partial charge in [0.1, 0.15) is 0 Å². The van der Waals surface area contributed by atoms with Gasteiger partial charge in [0.15, 0.2) is 0 Å². The van der Waals surface area contributed by atoms with Crippen LogP contribution in [0.15, 0.2) is 36.0 Å². The van der Waals surface area contributed by atoms with Crippen molar-refractivity contribution in [2.45, 2.75) is 19.4 Å². The van der Waals surface area contributed by atoms with Crippen LogP contribution in [0.4, 0.5) is 0 Å². The van der Waals surface area contributed by atoms with Crippen LogP contribution in [0.3, 0.4) is 0 Å². The molecule has 2 rings (SSSR count). The zero-order valence-electron chi connectivity index (χ0n) is 9.18. The van der Waals surface area contributed by atoms with Crippen LogP contribution in [0, 0.1) is 6.92 Å². The van der Waals surface area contributed by atoms with Crippen LogP contribution < -0.4 is 11.3 Å². The molecule has 3 nitrogen and oxygen atoms in total. The van der Waals surface area contributed by atoms with Crippen molar-refractivity contribution in [3.63, 3.8) is 0 Å². The Kier molecular flexibility index (Phi) is 3.66. The van der Waals surface area contributed by atoms with Crippen molar-refractivity contribution in [1.29, 1.82) is 0 Å². The molecule has 0 amide bonds. The second kappa shape index (κ2) is 5.21. The van der Waals surface area contributed by atoms with Gasteiger partial charge in [0, 0.05) is 17.3 Å². The molecule has 0 aliphatic rings. The third-order valence-electron chi connectivity index (χ3n) is 2.52. The number of nitrogens with two attached hydrogens (primary N) is 1. The molecule has 2 aromatic rings. The largest absolute Gasteiger partial charge is 0.271 e. The third-order valence-corrected chi connectivity index (χ3v) is 3.40. The molecule has 3 N–H and O–H groups in total. The lowest BCUT2D eigenvalue weighted by Gasteiger charge is -2.14. The monoisotopic (exact) mass is 233 g/mol. The second-order valence-electron chi connectivity index (χ2n) is 3.78. The minimum absolute atomic E-state index is 0.161. The molecular weight excluding hydrogens is 218 g/mol. The number of rotatable bonds is 4. The van der Waals surface area contributed by atoms with Gasteiger partial charge < -0.3 is 0 Å². The maximum atomic E-state index is 5.60. The zero-order valence-corrected chi connectivity index (χ0v) is 10.00. The highest BCUT2D eigenvalue weighted by atomic mass is 32.1. The predicted octanol–water partition coefficient (Wildman–Crippen LogP) is 2.20. The summed E-state index contributed by atoms with van der Waals surface area (Å²) >= 11 is 1.75. The maximum absolute atomic E-state index is 5.60. The Bertz CT molecular complexity index is 439. The molecule has 0 spiro atoms. The Balaban J connectivity index is 2.12. The third kappa shape index (κ3) is 2.66. The van der Waals surface area contributed by atoms with Crippen molar-refractivity contribution < 1.29 is 0 Å². The van der Waals surface area contributed by atoms with Crippen molar-refractivity contribution in [3.05, 3.63) is 52.0 Å². The van der Waals surface area contributed by atoms with E-state index < -0.39 is 0 Å². The van der Waals surface area contributed by atoms with Crippen LogP contribution in [0.25, 0.3) is 0 Å². The number of nitrogens with one attached hydrogen (secondary N) is 1. The van der Waals surface area contributed by atoms with E-state index in [1.165, 1.54) is 16.0 Å². The number of nitrogens with zero attached hydrogens (tertiary/aromatic N) is 1. The van der Waals surface area contributed by atoms with Gasteiger partial charge in [-0.2, -0.15) is 0 Å². The Morgan fingerprint density at radius 2 is 2.44 bits per heavy atom. The van der Waals surface area contributed by atoms with Crippen molar-refractivity contribution in [3.8, 4) is 0 Å². The summed E-state index contributed by atoms with van der Waals surface area (Å²) in [4.78, 5) is 5.41. The normalized spacial score (nSPS) is 12.6. The number of pyridine rings is 1. The number of hydrogen-bond acceptors (Lipinski definition) is 4. The highest BCUT2D eigenvalue weighted by molar-refractivity contribution is 7.10. The average Bonchev–Trinajstić information content (AvgIpc) is 2.74. The van der Waals surface area contributed by atoms with Crippen LogP contribution in [-0.4, -0.2) is 4.98 Å². The fourth-order valence-corrected chi connectivity index (χ4v) is 2.43. The van der Waals surface area contributed by atoms with Crippen molar-refractivity contribution >= 4 is 11.3 Å². The number of aryl methyl sites for hydroxylation is 1. The highest BCUT2D eigenvalue weighted by Crippen LogP contribution is 2.22. The van der Waals surface area contributed by atoms with E-state index >= 15 is 0 Å². The smallest absolute Gasteiger partial charge is 0.0509 e. The van der Waals surface area contributed by atoms with Gasteiger partial charge in [-0.1, -0.05) is 6.07 Å². The van der Waals surface area contributed by atoms with Gasteiger partial charge in [0.05, 0.1) is 6.04 Å². The molecule has 2 aromatic heterocycles. The van der Waals surface area contributed by atoms with Gasteiger partial charge in [0.2, 0.25) is 0 Å². The van der Waals surface area contributed by atoms with Crippen molar-refractivity contribution in [2.24, 2.45) is 5.84 Å². The van der Waals surface area contributed by atoms with E-state index in [0.29, 0.717) is 0 Å². The molecule has 0 fully saturated rings. The van der Waals surface area contributed by atoms with Crippen LogP contribution in [0.5, 0.6) is 0 Å². The first-order valence-corrected chi connectivity index (χ1v) is 6.07. The highest BCUT2D eigenvalue weighted by Gasteiger charge is 2.11. The molecule has 84 valence electrons. The lowest BCUT2D eigenvalue weighted by atomic mass is 10.0. The summed E-state index contributed by atoms with van der Waals surface area (Å²) in [6.07, 6.45) is 4.52. The van der Waals surface area contributed by atoms with E-state index in [-0.39, 0.29) is 6.04 Å². The minimum Gasteiger partial charge on any atom is -0.271 e. The summed E-state index contributed by atoms with van der Waals surface area (Å²) in [5.41, 5.74) is 5.29. The van der Waals surface area contributed by atoms with E-state index in [2.05, 4.69) is 34.8 Å². The molecule has 1 atom stereocenters. The molecule has 0 bridgehead atoms. The SMILES string of the molecule is Cc1cc(C(Cc2cccnc2)NN)cs1. The van der Waals surface area contributed by atoms with E-state index in [4.69, 9.17) is 5.84 Å². The molecule has 16 heavy (non-hydrogen) atoms. The van der Waals surface area contributed by atoms with Gasteiger partial charge >= 0.3 is 0 Å². The number of hydrazine groups is 1. The van der Waals surface area contributed by atoms with Gasteiger partial charge in [-0.3, -0.25) is 16.3 Å². The standard InChI is InChI=1S/C12H15N3S/c1-9-5-11(8-16-9)12(15-13)6-10-3-2-4-14-7-10/h2-5,7-8,12,15H,6,13H2,1H3. The van der Waals surface area contributed by atoms with Gasteiger partial charge in [0.25, 0.3) is 0 Å². The van der Waals surface area contributed by atoms with Gasteiger partial charge in [-0.05, 0) is 42.0 Å². The quantitative estimate of drug-likeness (QED) is 0.629. The van der Waals surface area contributed by atoms with E-state index in [9.17, 15) is 0 Å². The van der Waals surface area contributed by atoms with Crippen LogP contribution in [0.2, 0.25) is 0 Å². The average molecular weight is 233 g/mol. The summed E-state index contributed by atoms with van der Waals surface area (Å²) in [6, 6.07) is 6.35. The van der Waals surface area contributed by atoms with Crippen molar-refractivity contribution in [1.82, 2.24) is 10.4 Å². The summed E-state index contributed by atoms with van der Waals surface area (Å²) in [6.45, 7) is 2.10. The lowest BCUT2D eigenvalue weighted by molar-refractivity contribution is 0.552. The van der Waals surface area contributed by atoms with E-state index in [1.54, 1.807) is 17.5 Å². The number of hydrogen-bond donors (Lipinski definition) is 2. The summed E-state index contributed by atoms with van der Waals surface area (Å²) in [7, 11) is 0. The van der Waals surface area contributed by atoms with Gasteiger partial charge in [-0.15, -0.1) is 11.3 Å². The summed E-state index contributed by atoms with van der Waals surface area (Å²) in [5, 5.41) is 2.15. The van der Waals surface area contributed by atoms with Crippen LogP contribution >= 0.6 is 11.3 Å². The van der Waals surface area contributed by atoms with Crippen LogP contribution in [0.1, 0.15) is 22.0 Å². The van der Waals surface area contributed by atoms with E-state index in [0.717, 1.165) is 6.42 Å².